The molecule has 2 aromatic carbocycles. The Kier molecular flexibility index (Phi) is 6.00. The number of Topliss-reactive ketones (excluding diaryl/α,β-unsaturated/α-hetero) is 1. The van der Waals surface area contributed by atoms with E-state index in [1.165, 1.54) is 25.9 Å². The molecule has 0 spiro atoms. The standard InChI is InChI=1S/C29H32N2O2S/c32-26(16-23-18-31-13-11-19(23)12-14-31)27-17-22-8-4-10-25(28(22)34-27)21-7-3-9-24(15-21)30-29(33)20-5-1-2-6-20/h3-4,7-10,15,17,19-20,23H,1-2,5-6,11-14,16,18H2,(H,30,33)/t23-/m0/s1. The van der Waals surface area contributed by atoms with E-state index in [4.69, 9.17) is 0 Å². The maximum Gasteiger partial charge on any atom is 0.227 e. The Hall–Kier alpha value is -2.50. The van der Waals surface area contributed by atoms with Gasteiger partial charge in [0.15, 0.2) is 5.78 Å². The van der Waals surface area contributed by atoms with Gasteiger partial charge in [0.2, 0.25) is 5.91 Å². The van der Waals surface area contributed by atoms with Crippen molar-refractivity contribution in [2.75, 3.05) is 25.0 Å². The first-order valence-corrected chi connectivity index (χ1v) is 13.6. The number of nitrogens with one attached hydrogen (secondary N) is 1. The summed E-state index contributed by atoms with van der Waals surface area (Å²) in [6, 6.07) is 16.5. The molecule has 3 aromatic rings. The van der Waals surface area contributed by atoms with Crippen molar-refractivity contribution in [3.05, 3.63) is 53.4 Å². The van der Waals surface area contributed by atoms with Crippen molar-refractivity contribution in [1.29, 1.82) is 0 Å². The molecule has 4 nitrogen and oxygen atoms in total. The third-order valence-corrected chi connectivity index (χ3v) is 9.45. The highest BCUT2D eigenvalue weighted by Crippen LogP contribution is 2.39. The van der Waals surface area contributed by atoms with Gasteiger partial charge in [-0.15, -0.1) is 11.3 Å². The number of fused-ring (bicyclic) bond motifs is 4. The SMILES string of the molecule is O=C(C[C@H]1CN2CCC1CC2)c1cc2cccc(-c3cccc(NC(=O)C4CCCC4)c3)c2s1. The molecule has 4 fully saturated rings. The fourth-order valence-electron chi connectivity index (χ4n) is 6.28. The Labute approximate surface area is 205 Å². The van der Waals surface area contributed by atoms with Crippen LogP contribution in [0.2, 0.25) is 0 Å². The highest BCUT2D eigenvalue weighted by molar-refractivity contribution is 7.21. The Bertz CT molecular complexity index is 1220. The zero-order valence-electron chi connectivity index (χ0n) is 19.6. The Morgan fingerprint density at radius 1 is 0.971 bits per heavy atom. The predicted molar refractivity (Wildman–Crippen MR) is 139 cm³/mol. The summed E-state index contributed by atoms with van der Waals surface area (Å²) < 4.78 is 1.15. The van der Waals surface area contributed by atoms with Gasteiger partial charge in [-0.05, 0) is 85.3 Å². The van der Waals surface area contributed by atoms with Gasteiger partial charge in [-0.25, -0.2) is 0 Å². The topological polar surface area (TPSA) is 49.4 Å². The second-order valence-corrected chi connectivity index (χ2v) is 11.5. The van der Waals surface area contributed by atoms with Crippen LogP contribution in [0.4, 0.5) is 5.69 Å². The minimum Gasteiger partial charge on any atom is -0.326 e. The molecule has 3 saturated heterocycles. The summed E-state index contributed by atoms with van der Waals surface area (Å²) in [7, 11) is 0. The summed E-state index contributed by atoms with van der Waals surface area (Å²) in [5.41, 5.74) is 3.05. The zero-order chi connectivity index (χ0) is 23.1. The van der Waals surface area contributed by atoms with Gasteiger partial charge in [0, 0.05) is 29.3 Å². The van der Waals surface area contributed by atoms with Gasteiger partial charge in [-0.1, -0.05) is 43.2 Å². The second kappa shape index (κ2) is 9.27. The van der Waals surface area contributed by atoms with Crippen LogP contribution in [0.1, 0.15) is 54.6 Å². The highest BCUT2D eigenvalue weighted by atomic mass is 32.1. The van der Waals surface area contributed by atoms with E-state index in [1.54, 1.807) is 11.3 Å². The number of anilines is 1. The van der Waals surface area contributed by atoms with Crippen molar-refractivity contribution in [2.24, 2.45) is 17.8 Å². The van der Waals surface area contributed by atoms with Gasteiger partial charge in [-0.3, -0.25) is 9.59 Å². The summed E-state index contributed by atoms with van der Waals surface area (Å²) >= 11 is 1.63. The number of hydrogen-bond donors (Lipinski definition) is 1. The van der Waals surface area contributed by atoms with Crippen molar-refractivity contribution < 1.29 is 9.59 Å². The predicted octanol–water partition coefficient (Wildman–Crippen LogP) is 6.61. The molecule has 4 heterocycles. The lowest BCUT2D eigenvalue weighted by atomic mass is 9.76. The molecule has 2 bridgehead atoms. The summed E-state index contributed by atoms with van der Waals surface area (Å²) in [4.78, 5) is 29.3. The molecule has 1 atom stereocenters. The van der Waals surface area contributed by atoms with Crippen LogP contribution in [-0.4, -0.2) is 36.2 Å². The van der Waals surface area contributed by atoms with Gasteiger partial charge in [0.05, 0.1) is 4.88 Å². The van der Waals surface area contributed by atoms with Crippen LogP contribution in [0.5, 0.6) is 0 Å². The number of nitrogens with zero attached hydrogens (tertiary/aromatic N) is 1. The second-order valence-electron chi connectivity index (χ2n) is 10.4. The molecular formula is C29H32N2O2S. The molecule has 1 saturated carbocycles. The van der Waals surface area contributed by atoms with E-state index in [2.05, 4.69) is 46.6 Å². The van der Waals surface area contributed by atoms with Crippen LogP contribution in [0, 0.1) is 17.8 Å². The molecule has 1 aromatic heterocycles. The number of thiophene rings is 1. The molecule has 1 amide bonds. The molecule has 3 aliphatic heterocycles. The molecule has 0 radical (unpaired) electrons. The lowest BCUT2D eigenvalue weighted by Gasteiger charge is -2.44. The largest absolute Gasteiger partial charge is 0.326 e. The number of carbonyl (C=O) groups is 2. The first kappa shape index (κ1) is 22.0. The zero-order valence-corrected chi connectivity index (χ0v) is 20.4. The molecule has 1 N–H and O–H groups in total. The Morgan fingerprint density at radius 3 is 2.53 bits per heavy atom. The summed E-state index contributed by atoms with van der Waals surface area (Å²) in [6.07, 6.45) is 7.47. The first-order chi connectivity index (χ1) is 16.6. The fourth-order valence-corrected chi connectivity index (χ4v) is 7.43. The number of ketones is 1. The maximum absolute atomic E-state index is 13.3. The van der Waals surface area contributed by atoms with Gasteiger partial charge < -0.3 is 10.2 Å². The molecule has 4 aliphatic rings. The van der Waals surface area contributed by atoms with Gasteiger partial charge >= 0.3 is 0 Å². The van der Waals surface area contributed by atoms with Crippen molar-refractivity contribution in [3.63, 3.8) is 0 Å². The third-order valence-electron chi connectivity index (χ3n) is 8.23. The van der Waals surface area contributed by atoms with Crippen LogP contribution < -0.4 is 5.32 Å². The molecule has 7 rings (SSSR count). The molecule has 176 valence electrons. The van der Waals surface area contributed by atoms with Crippen molar-refractivity contribution in [1.82, 2.24) is 4.90 Å². The quantitative estimate of drug-likeness (QED) is 0.411. The number of hydrogen-bond acceptors (Lipinski definition) is 4. The van der Waals surface area contributed by atoms with Gasteiger partial charge in [0.1, 0.15) is 0 Å². The first-order valence-electron chi connectivity index (χ1n) is 12.8. The van der Waals surface area contributed by atoms with E-state index in [1.807, 2.05) is 12.1 Å². The van der Waals surface area contributed by atoms with Crippen LogP contribution in [0.25, 0.3) is 21.2 Å². The summed E-state index contributed by atoms with van der Waals surface area (Å²) in [5.74, 6) is 1.82. The van der Waals surface area contributed by atoms with E-state index < -0.39 is 0 Å². The lowest BCUT2D eigenvalue weighted by molar-refractivity contribution is -0.119. The van der Waals surface area contributed by atoms with E-state index in [0.717, 1.165) is 69.9 Å². The summed E-state index contributed by atoms with van der Waals surface area (Å²) in [5, 5.41) is 4.26. The molecule has 0 unspecified atom stereocenters. The Balaban J connectivity index is 1.23. The number of carbonyl (C=O) groups excluding carboxylic acids is 2. The average molecular weight is 473 g/mol. The van der Waals surface area contributed by atoms with Crippen LogP contribution in [-0.2, 0) is 4.79 Å². The average Bonchev–Trinajstić information content (AvgIpc) is 3.55. The highest BCUT2D eigenvalue weighted by Gasteiger charge is 2.35. The summed E-state index contributed by atoms with van der Waals surface area (Å²) in [6.45, 7) is 3.51. The lowest BCUT2D eigenvalue weighted by Crippen LogP contribution is -2.47. The fraction of sp³-hybridized carbons (Fsp3) is 0.448. The molecule has 34 heavy (non-hydrogen) atoms. The molecular weight excluding hydrogens is 440 g/mol. The molecule has 1 aliphatic carbocycles. The smallest absolute Gasteiger partial charge is 0.227 e. The number of amides is 1. The van der Waals surface area contributed by atoms with Crippen molar-refractivity contribution >= 4 is 38.8 Å². The van der Waals surface area contributed by atoms with E-state index in [0.29, 0.717) is 18.1 Å². The van der Waals surface area contributed by atoms with Crippen LogP contribution >= 0.6 is 11.3 Å². The number of rotatable bonds is 6. The van der Waals surface area contributed by atoms with E-state index in [9.17, 15) is 9.59 Å². The number of piperidine rings is 3. The minimum atomic E-state index is 0.143. The van der Waals surface area contributed by atoms with Gasteiger partial charge in [0.25, 0.3) is 0 Å². The van der Waals surface area contributed by atoms with E-state index in [-0.39, 0.29) is 11.8 Å². The molecule has 5 heteroatoms. The van der Waals surface area contributed by atoms with Gasteiger partial charge in [-0.2, -0.15) is 0 Å². The third kappa shape index (κ3) is 4.32. The van der Waals surface area contributed by atoms with Crippen LogP contribution in [0.3, 0.4) is 0 Å². The van der Waals surface area contributed by atoms with E-state index >= 15 is 0 Å². The monoisotopic (exact) mass is 472 g/mol. The maximum atomic E-state index is 13.3. The van der Waals surface area contributed by atoms with Crippen molar-refractivity contribution in [2.45, 2.75) is 44.9 Å². The Morgan fingerprint density at radius 2 is 1.76 bits per heavy atom. The van der Waals surface area contributed by atoms with Crippen molar-refractivity contribution in [3.8, 4) is 11.1 Å². The van der Waals surface area contributed by atoms with Crippen LogP contribution in [0.15, 0.2) is 48.5 Å². The number of benzene rings is 2. The minimum absolute atomic E-state index is 0.143. The normalized spacial score (nSPS) is 24.5.